The van der Waals surface area contributed by atoms with E-state index in [1.54, 1.807) is 22.9 Å². The van der Waals surface area contributed by atoms with E-state index in [4.69, 9.17) is 11.5 Å². The number of hydrogen-bond donors (Lipinski definition) is 3. The summed E-state index contributed by atoms with van der Waals surface area (Å²) in [5.74, 6) is -0.0197. The number of aromatic nitrogens is 2. The molecule has 2 aromatic rings. The first-order valence-corrected chi connectivity index (χ1v) is 7.98. The molecule has 2 heterocycles. The minimum atomic E-state index is -0.604. The molecule has 2 aromatic heterocycles. The standard InChI is InChI=1S/C16H17BrN4O2/c1-7-3-4-11(22)8(2)13(7)21-14(18)12(15(19)23)10-5-9(17)6-20-16(10)21/h4-7,22H,3,18H2,1-2H3,(H2,19,23)/t7-/m1/s1. The average Bonchev–Trinajstić information content (AvgIpc) is 2.75. The molecule has 0 aliphatic heterocycles. The number of nitrogens with zero attached hydrogens (tertiary/aromatic N) is 2. The topological polar surface area (TPSA) is 107 Å². The van der Waals surface area contributed by atoms with Crippen LogP contribution in [0.4, 0.5) is 5.82 Å². The third-order valence-electron chi connectivity index (χ3n) is 4.20. The zero-order valence-corrected chi connectivity index (χ0v) is 14.4. The number of aliphatic hydroxyl groups is 1. The van der Waals surface area contributed by atoms with Gasteiger partial charge in [-0.1, -0.05) is 6.92 Å². The van der Waals surface area contributed by atoms with Crippen LogP contribution in [0.2, 0.25) is 0 Å². The van der Waals surface area contributed by atoms with Gasteiger partial charge in [-0.15, -0.1) is 0 Å². The molecule has 0 aromatic carbocycles. The molecular formula is C16H17BrN4O2. The Morgan fingerprint density at radius 1 is 1.52 bits per heavy atom. The average molecular weight is 377 g/mol. The third kappa shape index (κ3) is 2.31. The van der Waals surface area contributed by atoms with E-state index >= 15 is 0 Å². The van der Waals surface area contributed by atoms with Crippen LogP contribution in [0.5, 0.6) is 0 Å². The van der Waals surface area contributed by atoms with Crippen LogP contribution in [0.1, 0.15) is 30.6 Å². The van der Waals surface area contributed by atoms with Crippen molar-refractivity contribution in [1.29, 1.82) is 0 Å². The first-order chi connectivity index (χ1) is 10.8. The van der Waals surface area contributed by atoms with Gasteiger partial charge in [0, 0.05) is 33.2 Å². The Morgan fingerprint density at radius 2 is 2.22 bits per heavy atom. The maximum absolute atomic E-state index is 11.9. The number of carbonyl (C=O) groups is 1. The molecule has 1 amide bonds. The van der Waals surface area contributed by atoms with Gasteiger partial charge >= 0.3 is 0 Å². The molecule has 0 saturated heterocycles. The second kappa shape index (κ2) is 5.42. The highest BCUT2D eigenvalue weighted by atomic mass is 79.9. The molecule has 1 aliphatic rings. The van der Waals surface area contributed by atoms with Crippen molar-refractivity contribution in [1.82, 2.24) is 9.55 Å². The number of anilines is 1. The van der Waals surface area contributed by atoms with Crippen molar-refractivity contribution in [2.45, 2.75) is 20.3 Å². The van der Waals surface area contributed by atoms with Crippen LogP contribution in [-0.2, 0) is 0 Å². The third-order valence-corrected chi connectivity index (χ3v) is 4.63. The van der Waals surface area contributed by atoms with Gasteiger partial charge in [0.05, 0.1) is 5.56 Å². The molecule has 6 nitrogen and oxygen atoms in total. The van der Waals surface area contributed by atoms with Crippen LogP contribution in [-0.4, -0.2) is 20.6 Å². The van der Waals surface area contributed by atoms with Crippen molar-refractivity contribution in [3.63, 3.8) is 0 Å². The second-order valence-corrected chi connectivity index (χ2v) is 6.64. The van der Waals surface area contributed by atoms with Crippen LogP contribution in [0.15, 0.2) is 34.1 Å². The molecule has 0 spiro atoms. The van der Waals surface area contributed by atoms with Crippen LogP contribution < -0.4 is 11.5 Å². The van der Waals surface area contributed by atoms with Crippen molar-refractivity contribution < 1.29 is 9.90 Å². The molecule has 5 N–H and O–H groups in total. The van der Waals surface area contributed by atoms with Crippen LogP contribution in [0.3, 0.4) is 0 Å². The number of allylic oxidation sites excluding steroid dienone is 3. The van der Waals surface area contributed by atoms with Crippen molar-refractivity contribution in [2.24, 2.45) is 11.7 Å². The highest BCUT2D eigenvalue weighted by molar-refractivity contribution is 9.10. The molecule has 0 bridgehead atoms. The van der Waals surface area contributed by atoms with Crippen molar-refractivity contribution >= 4 is 44.4 Å². The smallest absolute Gasteiger partial charge is 0.253 e. The summed E-state index contributed by atoms with van der Waals surface area (Å²) in [6, 6.07) is 1.77. The number of hydrogen-bond acceptors (Lipinski definition) is 4. The molecule has 1 aliphatic carbocycles. The Hall–Kier alpha value is -2.28. The summed E-state index contributed by atoms with van der Waals surface area (Å²) < 4.78 is 2.46. The zero-order chi connectivity index (χ0) is 16.9. The van der Waals surface area contributed by atoms with E-state index in [0.717, 1.165) is 10.2 Å². The van der Waals surface area contributed by atoms with Crippen molar-refractivity contribution in [3.05, 3.63) is 39.7 Å². The van der Waals surface area contributed by atoms with Gasteiger partial charge < -0.3 is 16.6 Å². The number of aliphatic hydroxyl groups excluding tert-OH is 1. The number of primary amides is 1. The summed E-state index contributed by atoms with van der Waals surface area (Å²) in [4.78, 5) is 16.3. The quantitative estimate of drug-likeness (QED) is 0.747. The van der Waals surface area contributed by atoms with Gasteiger partial charge in [-0.25, -0.2) is 4.98 Å². The number of pyridine rings is 1. The fourth-order valence-corrected chi connectivity index (χ4v) is 3.43. The summed E-state index contributed by atoms with van der Waals surface area (Å²) in [5.41, 5.74) is 14.1. The fourth-order valence-electron chi connectivity index (χ4n) is 3.10. The van der Waals surface area contributed by atoms with Gasteiger partial charge in [0.25, 0.3) is 5.91 Å². The van der Waals surface area contributed by atoms with Crippen LogP contribution in [0.25, 0.3) is 16.7 Å². The Kier molecular flexibility index (Phi) is 3.68. The predicted molar refractivity (Wildman–Crippen MR) is 93.7 cm³/mol. The van der Waals surface area contributed by atoms with E-state index in [1.807, 2.05) is 13.8 Å². The molecule has 23 heavy (non-hydrogen) atoms. The number of amides is 1. The fraction of sp³-hybridized carbons (Fsp3) is 0.250. The van der Waals surface area contributed by atoms with Crippen LogP contribution in [0, 0.1) is 5.92 Å². The van der Waals surface area contributed by atoms with Gasteiger partial charge in [-0.3, -0.25) is 9.36 Å². The summed E-state index contributed by atoms with van der Waals surface area (Å²) >= 11 is 3.35. The minimum absolute atomic E-state index is 0.120. The summed E-state index contributed by atoms with van der Waals surface area (Å²) in [5, 5.41) is 10.7. The summed E-state index contributed by atoms with van der Waals surface area (Å²) in [7, 11) is 0. The maximum atomic E-state index is 11.9. The normalized spacial score (nSPS) is 18.4. The van der Waals surface area contributed by atoms with E-state index in [1.165, 1.54) is 0 Å². The SMILES string of the molecule is CC1=C(n2c(N)c(C(N)=O)c3cc(Br)cnc32)[C@H](C)CC=C1O. The highest BCUT2D eigenvalue weighted by Crippen LogP contribution is 2.39. The number of halogens is 1. The van der Waals surface area contributed by atoms with Gasteiger partial charge in [0.2, 0.25) is 0 Å². The molecule has 0 radical (unpaired) electrons. The lowest BCUT2D eigenvalue weighted by Gasteiger charge is -2.24. The van der Waals surface area contributed by atoms with Gasteiger partial charge in [-0.05, 0) is 41.4 Å². The van der Waals surface area contributed by atoms with Crippen molar-refractivity contribution in [2.75, 3.05) is 5.73 Å². The van der Waals surface area contributed by atoms with Gasteiger partial charge in [0.15, 0.2) is 0 Å². The highest BCUT2D eigenvalue weighted by Gasteiger charge is 2.27. The summed E-state index contributed by atoms with van der Waals surface area (Å²) in [6.07, 6.45) is 4.10. The molecule has 0 unspecified atom stereocenters. The number of rotatable bonds is 2. The van der Waals surface area contributed by atoms with Gasteiger partial charge in [0.1, 0.15) is 17.2 Å². The lowest BCUT2D eigenvalue weighted by molar-refractivity contribution is 0.100. The van der Waals surface area contributed by atoms with E-state index in [2.05, 4.69) is 20.9 Å². The van der Waals surface area contributed by atoms with E-state index in [-0.39, 0.29) is 23.1 Å². The Labute approximate surface area is 141 Å². The number of fused-ring (bicyclic) bond motifs is 1. The lowest BCUT2D eigenvalue weighted by Crippen LogP contribution is -2.17. The summed E-state index contributed by atoms with van der Waals surface area (Å²) in [6.45, 7) is 3.86. The van der Waals surface area contributed by atoms with E-state index < -0.39 is 5.91 Å². The Morgan fingerprint density at radius 3 is 2.87 bits per heavy atom. The molecule has 120 valence electrons. The lowest BCUT2D eigenvalue weighted by atomic mass is 9.93. The molecule has 3 rings (SSSR count). The maximum Gasteiger partial charge on any atom is 0.253 e. The van der Waals surface area contributed by atoms with E-state index in [0.29, 0.717) is 23.0 Å². The number of nitrogen functional groups attached to an aromatic ring is 1. The molecule has 1 atom stereocenters. The van der Waals surface area contributed by atoms with Crippen molar-refractivity contribution in [3.8, 4) is 0 Å². The first kappa shape index (κ1) is 15.6. The first-order valence-electron chi connectivity index (χ1n) is 7.18. The predicted octanol–water partition coefficient (Wildman–Crippen LogP) is 3.19. The Bertz CT molecular complexity index is 895. The molecule has 0 fully saturated rings. The number of nitrogens with two attached hydrogens (primary N) is 2. The zero-order valence-electron chi connectivity index (χ0n) is 12.8. The van der Waals surface area contributed by atoms with Gasteiger partial charge in [-0.2, -0.15) is 0 Å². The molecule has 7 heteroatoms. The molecule has 0 saturated carbocycles. The monoisotopic (exact) mass is 376 g/mol. The number of carbonyl (C=O) groups excluding carboxylic acids is 1. The minimum Gasteiger partial charge on any atom is -0.508 e. The van der Waals surface area contributed by atoms with E-state index in [9.17, 15) is 9.90 Å². The van der Waals surface area contributed by atoms with Crippen LogP contribution >= 0.6 is 15.9 Å². The second-order valence-electron chi connectivity index (χ2n) is 5.72. The largest absolute Gasteiger partial charge is 0.508 e. The molecular weight excluding hydrogens is 360 g/mol. The Balaban J connectivity index is 2.43.